The van der Waals surface area contributed by atoms with Crippen molar-refractivity contribution in [3.8, 4) is 0 Å². The molecule has 2 rings (SSSR count). The van der Waals surface area contributed by atoms with Gasteiger partial charge in [0, 0.05) is 12.1 Å². The van der Waals surface area contributed by atoms with Crippen LogP contribution in [-0.4, -0.2) is 20.5 Å². The normalized spacial score (nSPS) is 17.4. The average molecular weight is 268 g/mol. The molecule has 1 saturated carbocycles. The van der Waals surface area contributed by atoms with E-state index in [1.807, 2.05) is 19.1 Å². The number of para-hydroxylation sites is 1. The number of hydrogen-bond donors (Lipinski definition) is 2. The highest BCUT2D eigenvalue weighted by Crippen LogP contribution is 2.39. The molecule has 0 bridgehead atoms. The maximum atomic E-state index is 12.2. The van der Waals surface area contributed by atoms with Crippen molar-refractivity contribution in [2.75, 3.05) is 11.9 Å². The molecular formula is C13H20N2O2S. The molecular weight excluding hydrogens is 248 g/mol. The van der Waals surface area contributed by atoms with E-state index in [1.165, 1.54) is 0 Å². The van der Waals surface area contributed by atoms with Gasteiger partial charge >= 0.3 is 0 Å². The SMILES string of the molecule is CCCNS(=O)(=O)c1ccccc1NC1(C)CC1. The molecule has 100 valence electrons. The third kappa shape index (κ3) is 3.03. The van der Waals surface area contributed by atoms with Gasteiger partial charge < -0.3 is 5.32 Å². The first-order chi connectivity index (χ1) is 8.47. The molecule has 1 fully saturated rings. The second-order valence-electron chi connectivity index (χ2n) is 5.08. The van der Waals surface area contributed by atoms with Crippen molar-refractivity contribution < 1.29 is 8.42 Å². The second-order valence-corrected chi connectivity index (χ2v) is 6.81. The Labute approximate surface area is 109 Å². The maximum absolute atomic E-state index is 12.2. The average Bonchev–Trinajstić information content (AvgIpc) is 3.05. The molecule has 0 aliphatic heterocycles. The third-order valence-electron chi connectivity index (χ3n) is 3.16. The lowest BCUT2D eigenvalue weighted by atomic mass is 10.2. The molecule has 0 unspecified atom stereocenters. The van der Waals surface area contributed by atoms with Gasteiger partial charge in [0.15, 0.2) is 0 Å². The topological polar surface area (TPSA) is 58.2 Å². The molecule has 4 nitrogen and oxygen atoms in total. The first-order valence-electron chi connectivity index (χ1n) is 6.34. The first-order valence-corrected chi connectivity index (χ1v) is 7.82. The van der Waals surface area contributed by atoms with Crippen LogP contribution < -0.4 is 10.0 Å². The molecule has 0 atom stereocenters. The molecule has 5 heteroatoms. The summed E-state index contributed by atoms with van der Waals surface area (Å²) in [5.41, 5.74) is 0.761. The van der Waals surface area contributed by atoms with Crippen LogP contribution in [0.4, 0.5) is 5.69 Å². The molecule has 1 aliphatic rings. The molecule has 0 aromatic heterocycles. The predicted octanol–water partition coefficient (Wildman–Crippen LogP) is 2.34. The van der Waals surface area contributed by atoms with Crippen LogP contribution in [0, 0.1) is 0 Å². The Morgan fingerprint density at radius 1 is 1.28 bits per heavy atom. The summed E-state index contributed by atoms with van der Waals surface area (Å²) < 4.78 is 26.9. The van der Waals surface area contributed by atoms with Crippen molar-refractivity contribution in [3.63, 3.8) is 0 Å². The van der Waals surface area contributed by atoms with Crippen LogP contribution in [0.5, 0.6) is 0 Å². The fraction of sp³-hybridized carbons (Fsp3) is 0.538. The smallest absolute Gasteiger partial charge is 0.242 e. The highest BCUT2D eigenvalue weighted by atomic mass is 32.2. The molecule has 1 aliphatic carbocycles. The van der Waals surface area contributed by atoms with E-state index < -0.39 is 10.0 Å². The van der Waals surface area contributed by atoms with E-state index in [0.29, 0.717) is 17.1 Å². The van der Waals surface area contributed by atoms with Gasteiger partial charge in [0.1, 0.15) is 4.90 Å². The van der Waals surface area contributed by atoms with Crippen LogP contribution in [-0.2, 0) is 10.0 Å². The van der Waals surface area contributed by atoms with Gasteiger partial charge in [-0.15, -0.1) is 0 Å². The van der Waals surface area contributed by atoms with Crippen molar-refractivity contribution in [2.45, 2.75) is 43.5 Å². The summed E-state index contributed by atoms with van der Waals surface area (Å²) in [6, 6.07) is 7.07. The first kappa shape index (κ1) is 13.4. The van der Waals surface area contributed by atoms with Gasteiger partial charge in [-0.25, -0.2) is 13.1 Å². The summed E-state index contributed by atoms with van der Waals surface area (Å²) in [7, 11) is -3.41. The fourth-order valence-corrected chi connectivity index (χ4v) is 3.05. The Morgan fingerprint density at radius 3 is 2.56 bits per heavy atom. The minimum atomic E-state index is -3.41. The summed E-state index contributed by atoms with van der Waals surface area (Å²) >= 11 is 0. The number of anilines is 1. The number of sulfonamides is 1. The Bertz CT molecular complexity index is 522. The number of rotatable bonds is 6. The Hall–Kier alpha value is -1.07. The minimum absolute atomic E-state index is 0.0659. The minimum Gasteiger partial charge on any atom is -0.379 e. The molecule has 0 heterocycles. The van der Waals surface area contributed by atoms with E-state index in [0.717, 1.165) is 19.3 Å². The zero-order chi connectivity index (χ0) is 13.2. The summed E-state index contributed by atoms with van der Waals surface area (Å²) in [5.74, 6) is 0. The lowest BCUT2D eigenvalue weighted by molar-refractivity contribution is 0.581. The highest BCUT2D eigenvalue weighted by Gasteiger charge is 2.38. The lowest BCUT2D eigenvalue weighted by Gasteiger charge is -2.17. The Kier molecular flexibility index (Phi) is 3.64. The lowest BCUT2D eigenvalue weighted by Crippen LogP contribution is -2.26. The van der Waals surface area contributed by atoms with Crippen molar-refractivity contribution in [2.24, 2.45) is 0 Å². The Morgan fingerprint density at radius 2 is 1.94 bits per heavy atom. The quantitative estimate of drug-likeness (QED) is 0.832. The van der Waals surface area contributed by atoms with Crippen molar-refractivity contribution >= 4 is 15.7 Å². The van der Waals surface area contributed by atoms with Gasteiger partial charge in [0.25, 0.3) is 0 Å². The van der Waals surface area contributed by atoms with Gasteiger partial charge in [-0.05, 0) is 38.3 Å². The molecule has 1 aromatic carbocycles. The summed E-state index contributed by atoms with van der Waals surface area (Å²) in [6.07, 6.45) is 2.96. The van der Waals surface area contributed by atoms with Crippen LogP contribution in [0.2, 0.25) is 0 Å². The molecule has 18 heavy (non-hydrogen) atoms. The zero-order valence-corrected chi connectivity index (χ0v) is 11.7. The summed E-state index contributed by atoms with van der Waals surface area (Å²) in [5, 5.41) is 3.32. The van der Waals surface area contributed by atoms with Gasteiger partial charge in [0.05, 0.1) is 5.69 Å². The van der Waals surface area contributed by atoms with Gasteiger partial charge in [-0.2, -0.15) is 0 Å². The zero-order valence-electron chi connectivity index (χ0n) is 10.9. The standard InChI is InChI=1S/C13H20N2O2S/c1-3-10-14-18(16,17)12-7-5-4-6-11(12)15-13(2)8-9-13/h4-7,14-15H,3,8-10H2,1-2H3. The molecule has 0 spiro atoms. The van der Waals surface area contributed by atoms with E-state index in [1.54, 1.807) is 12.1 Å². The van der Waals surface area contributed by atoms with E-state index in [9.17, 15) is 8.42 Å². The van der Waals surface area contributed by atoms with E-state index in [-0.39, 0.29) is 5.54 Å². The van der Waals surface area contributed by atoms with Crippen LogP contribution in [0.1, 0.15) is 33.1 Å². The van der Waals surface area contributed by atoms with Crippen LogP contribution in [0.3, 0.4) is 0 Å². The van der Waals surface area contributed by atoms with E-state index in [4.69, 9.17) is 0 Å². The van der Waals surface area contributed by atoms with Gasteiger partial charge in [0.2, 0.25) is 10.0 Å². The summed E-state index contributed by atoms with van der Waals surface area (Å²) in [4.78, 5) is 0.339. The highest BCUT2D eigenvalue weighted by molar-refractivity contribution is 7.89. The molecule has 0 amide bonds. The van der Waals surface area contributed by atoms with E-state index >= 15 is 0 Å². The van der Waals surface area contributed by atoms with Crippen molar-refractivity contribution in [3.05, 3.63) is 24.3 Å². The van der Waals surface area contributed by atoms with Crippen LogP contribution in [0.15, 0.2) is 29.2 Å². The number of hydrogen-bond acceptors (Lipinski definition) is 3. The molecule has 2 N–H and O–H groups in total. The second kappa shape index (κ2) is 4.90. The van der Waals surface area contributed by atoms with Gasteiger partial charge in [-0.1, -0.05) is 19.1 Å². The monoisotopic (exact) mass is 268 g/mol. The Balaban J connectivity index is 2.26. The van der Waals surface area contributed by atoms with E-state index in [2.05, 4.69) is 17.0 Å². The number of benzene rings is 1. The molecule has 1 aromatic rings. The maximum Gasteiger partial charge on any atom is 0.242 e. The molecule has 0 saturated heterocycles. The molecule has 0 radical (unpaired) electrons. The largest absolute Gasteiger partial charge is 0.379 e. The van der Waals surface area contributed by atoms with Crippen LogP contribution >= 0.6 is 0 Å². The van der Waals surface area contributed by atoms with Crippen molar-refractivity contribution in [1.29, 1.82) is 0 Å². The third-order valence-corrected chi connectivity index (χ3v) is 4.67. The number of nitrogens with one attached hydrogen (secondary N) is 2. The van der Waals surface area contributed by atoms with Crippen LogP contribution in [0.25, 0.3) is 0 Å². The predicted molar refractivity (Wildman–Crippen MR) is 73.2 cm³/mol. The van der Waals surface area contributed by atoms with Crippen molar-refractivity contribution in [1.82, 2.24) is 4.72 Å². The fourth-order valence-electron chi connectivity index (χ4n) is 1.76. The summed E-state index contributed by atoms with van der Waals surface area (Å²) in [6.45, 7) is 4.52. The van der Waals surface area contributed by atoms with Gasteiger partial charge in [-0.3, -0.25) is 0 Å².